The fourth-order valence-electron chi connectivity index (χ4n) is 4.49. The normalized spacial score (nSPS) is 15.3. The van der Waals surface area contributed by atoms with E-state index < -0.39 is 0 Å². The Morgan fingerprint density at radius 3 is 2.84 bits per heavy atom. The van der Waals surface area contributed by atoms with Gasteiger partial charge in [0.25, 0.3) is 5.56 Å². The van der Waals surface area contributed by atoms with Crippen LogP contribution in [0.5, 0.6) is 17.2 Å². The van der Waals surface area contributed by atoms with Crippen LogP contribution in [0.15, 0.2) is 39.7 Å². The van der Waals surface area contributed by atoms with Crippen molar-refractivity contribution in [2.75, 3.05) is 20.4 Å². The molecule has 0 saturated carbocycles. The van der Waals surface area contributed by atoms with E-state index in [1.807, 2.05) is 31.2 Å². The van der Waals surface area contributed by atoms with Gasteiger partial charge in [-0.15, -0.1) is 0 Å². The predicted octanol–water partition coefficient (Wildman–Crippen LogP) is 2.89. The average Bonchev–Trinajstić information content (AvgIpc) is 3.52. The number of hydrogen-bond donors (Lipinski definition) is 1. The summed E-state index contributed by atoms with van der Waals surface area (Å²) in [4.78, 5) is 20.3. The molecule has 0 fully saturated rings. The summed E-state index contributed by atoms with van der Waals surface area (Å²) in [5.74, 6) is 2.94. The molecule has 0 saturated heterocycles. The fourth-order valence-corrected chi connectivity index (χ4v) is 4.49. The number of H-pyrrole nitrogens is 1. The second kappa shape index (κ2) is 7.16. The quantitative estimate of drug-likeness (QED) is 0.528. The van der Waals surface area contributed by atoms with Gasteiger partial charge in [0.05, 0.1) is 30.3 Å². The van der Waals surface area contributed by atoms with Crippen molar-refractivity contribution >= 4 is 5.65 Å². The van der Waals surface area contributed by atoms with E-state index in [0.717, 1.165) is 46.3 Å². The van der Waals surface area contributed by atoms with E-state index in [1.54, 1.807) is 13.4 Å². The second-order valence-electron chi connectivity index (χ2n) is 8.07. The van der Waals surface area contributed by atoms with Crippen LogP contribution in [0.2, 0.25) is 0 Å². The lowest BCUT2D eigenvalue weighted by molar-refractivity contribution is 0.173. The number of benzene rings is 1. The fraction of sp³-hybridized carbons (Fsp3) is 0.304. The lowest BCUT2D eigenvalue weighted by Gasteiger charge is -2.28. The summed E-state index contributed by atoms with van der Waals surface area (Å²) in [6.07, 6.45) is 2.35. The van der Waals surface area contributed by atoms with Gasteiger partial charge < -0.3 is 18.6 Å². The van der Waals surface area contributed by atoms with Crippen LogP contribution in [0, 0.1) is 6.92 Å². The van der Waals surface area contributed by atoms with E-state index >= 15 is 0 Å². The smallest absolute Gasteiger partial charge is 0.277 e. The first kappa shape index (κ1) is 19.0. The molecule has 0 radical (unpaired) electrons. The van der Waals surface area contributed by atoms with Gasteiger partial charge in [-0.25, -0.2) is 9.50 Å². The summed E-state index contributed by atoms with van der Waals surface area (Å²) in [7, 11) is 1.64. The first-order valence-electron chi connectivity index (χ1n) is 10.5. The molecule has 0 amide bonds. The zero-order valence-corrected chi connectivity index (χ0v) is 17.8. The number of ether oxygens (including phenoxy) is 3. The van der Waals surface area contributed by atoms with Gasteiger partial charge in [-0.05, 0) is 19.1 Å². The van der Waals surface area contributed by atoms with Crippen molar-refractivity contribution < 1.29 is 18.6 Å². The third-order valence-electron chi connectivity index (χ3n) is 6.16. The van der Waals surface area contributed by atoms with Gasteiger partial charge in [0, 0.05) is 49.3 Å². The maximum atomic E-state index is 13.3. The van der Waals surface area contributed by atoms with Crippen molar-refractivity contribution in [3.8, 4) is 28.5 Å². The van der Waals surface area contributed by atoms with Crippen molar-refractivity contribution in [1.29, 1.82) is 0 Å². The molecule has 32 heavy (non-hydrogen) atoms. The van der Waals surface area contributed by atoms with Gasteiger partial charge in [-0.3, -0.25) is 14.8 Å². The van der Waals surface area contributed by atoms with Crippen LogP contribution >= 0.6 is 0 Å². The number of hydrogen-bond acceptors (Lipinski definition) is 7. The first-order valence-corrected chi connectivity index (χ1v) is 10.5. The first-order chi connectivity index (χ1) is 15.6. The number of nitrogens with zero attached hydrogens (tertiary/aromatic N) is 3. The number of aromatic nitrogens is 3. The van der Waals surface area contributed by atoms with E-state index in [0.29, 0.717) is 36.5 Å². The Kier molecular flexibility index (Phi) is 4.25. The largest absolute Gasteiger partial charge is 0.496 e. The van der Waals surface area contributed by atoms with Crippen LogP contribution in [0.4, 0.5) is 0 Å². The molecule has 5 heterocycles. The summed E-state index contributed by atoms with van der Waals surface area (Å²) in [6.45, 7) is 4.05. The SMILES string of the molecule is COc1cc2c(cc1CN1CCc3nc4cc(-c5ccoc5C)[nH]n4c(=O)c3C1)OCO2. The predicted molar refractivity (Wildman–Crippen MR) is 115 cm³/mol. The van der Waals surface area contributed by atoms with E-state index in [4.69, 9.17) is 23.6 Å². The van der Waals surface area contributed by atoms with Gasteiger partial charge in [0.1, 0.15) is 11.5 Å². The molecule has 0 aliphatic carbocycles. The summed E-state index contributed by atoms with van der Waals surface area (Å²) in [5, 5.41) is 3.18. The van der Waals surface area contributed by atoms with Gasteiger partial charge in [0.2, 0.25) is 6.79 Å². The van der Waals surface area contributed by atoms with Crippen molar-refractivity contribution in [2.24, 2.45) is 0 Å². The minimum absolute atomic E-state index is 0.0697. The Morgan fingerprint density at radius 2 is 2.06 bits per heavy atom. The summed E-state index contributed by atoms with van der Waals surface area (Å²) in [5.41, 5.74) is 4.85. The van der Waals surface area contributed by atoms with Crippen LogP contribution in [-0.2, 0) is 19.5 Å². The number of rotatable bonds is 4. The lowest BCUT2D eigenvalue weighted by atomic mass is 10.1. The third kappa shape index (κ3) is 2.96. The van der Waals surface area contributed by atoms with E-state index in [1.165, 1.54) is 4.52 Å². The van der Waals surface area contributed by atoms with Gasteiger partial charge in [-0.1, -0.05) is 0 Å². The van der Waals surface area contributed by atoms with Crippen LogP contribution in [-0.4, -0.2) is 39.9 Å². The van der Waals surface area contributed by atoms with Gasteiger partial charge >= 0.3 is 0 Å². The molecule has 1 aromatic carbocycles. The van der Waals surface area contributed by atoms with Crippen molar-refractivity contribution in [2.45, 2.75) is 26.4 Å². The maximum Gasteiger partial charge on any atom is 0.277 e. The Hall–Kier alpha value is -3.72. The zero-order valence-electron chi connectivity index (χ0n) is 17.8. The molecule has 0 spiro atoms. The molecule has 2 aliphatic rings. The topological polar surface area (TPSA) is 94.2 Å². The monoisotopic (exact) mass is 434 g/mol. The molecule has 9 heteroatoms. The molecule has 2 aliphatic heterocycles. The average molecular weight is 434 g/mol. The van der Waals surface area contributed by atoms with E-state index in [2.05, 4.69) is 10.00 Å². The van der Waals surface area contributed by atoms with Crippen LogP contribution < -0.4 is 19.8 Å². The Balaban J connectivity index is 1.32. The van der Waals surface area contributed by atoms with E-state index in [9.17, 15) is 4.79 Å². The zero-order chi connectivity index (χ0) is 21.8. The summed E-state index contributed by atoms with van der Waals surface area (Å²) >= 11 is 0. The van der Waals surface area contributed by atoms with Crippen molar-refractivity contribution in [3.63, 3.8) is 0 Å². The molecular weight excluding hydrogens is 412 g/mol. The highest BCUT2D eigenvalue weighted by molar-refractivity contribution is 5.65. The minimum Gasteiger partial charge on any atom is -0.496 e. The molecule has 6 rings (SSSR count). The number of methoxy groups -OCH3 is 1. The molecular formula is C23H22N4O5. The van der Waals surface area contributed by atoms with E-state index in [-0.39, 0.29) is 12.4 Å². The standard InChI is InChI=1S/C23H22N4O5/c1-13-15(4-6-30-13)18-8-22-24-17-3-5-26(11-16(17)23(28)27(22)25-18)10-14-7-20-21(32-12-31-20)9-19(14)29-2/h4,6-9,25H,3,5,10-12H2,1-2H3. The maximum absolute atomic E-state index is 13.3. The van der Waals surface area contributed by atoms with Crippen LogP contribution in [0.1, 0.15) is 22.6 Å². The second-order valence-corrected chi connectivity index (χ2v) is 8.07. The molecule has 1 N–H and O–H groups in total. The molecule has 9 nitrogen and oxygen atoms in total. The highest BCUT2D eigenvalue weighted by atomic mass is 16.7. The van der Waals surface area contributed by atoms with Crippen molar-refractivity contribution in [3.05, 3.63) is 63.5 Å². The Labute approximate surface area is 183 Å². The van der Waals surface area contributed by atoms with Gasteiger partial charge in [0.15, 0.2) is 17.1 Å². The molecule has 164 valence electrons. The van der Waals surface area contributed by atoms with Crippen molar-refractivity contribution in [1.82, 2.24) is 19.5 Å². The number of nitrogens with one attached hydrogen (secondary N) is 1. The third-order valence-corrected chi connectivity index (χ3v) is 6.16. The molecule has 3 aromatic heterocycles. The molecule has 0 bridgehead atoms. The molecule has 4 aromatic rings. The number of furan rings is 1. The molecule has 0 unspecified atom stereocenters. The highest BCUT2D eigenvalue weighted by Gasteiger charge is 2.25. The summed E-state index contributed by atoms with van der Waals surface area (Å²) in [6, 6.07) is 7.58. The summed E-state index contributed by atoms with van der Waals surface area (Å²) < 4.78 is 23.4. The lowest BCUT2D eigenvalue weighted by Crippen LogP contribution is -2.36. The Morgan fingerprint density at radius 1 is 1.22 bits per heavy atom. The number of aromatic amines is 1. The number of aryl methyl sites for hydroxylation is 1. The Bertz CT molecular complexity index is 1400. The molecule has 0 atom stereocenters. The number of fused-ring (bicyclic) bond motifs is 3. The highest BCUT2D eigenvalue weighted by Crippen LogP contribution is 2.38. The van der Waals surface area contributed by atoms with Crippen LogP contribution in [0.25, 0.3) is 16.9 Å². The minimum atomic E-state index is -0.0697. The van der Waals surface area contributed by atoms with Crippen LogP contribution in [0.3, 0.4) is 0 Å². The van der Waals surface area contributed by atoms with Gasteiger partial charge in [-0.2, -0.15) is 0 Å².